The number of aromatic amines is 1. The zero-order valence-corrected chi connectivity index (χ0v) is 9.65. The van der Waals surface area contributed by atoms with Gasteiger partial charge in [0.2, 0.25) is 0 Å². The van der Waals surface area contributed by atoms with Gasteiger partial charge in [0.05, 0.1) is 11.9 Å². The Balaban J connectivity index is 2.99. The van der Waals surface area contributed by atoms with E-state index in [0.29, 0.717) is 5.70 Å². The normalized spacial score (nSPS) is 13.4. The van der Waals surface area contributed by atoms with E-state index in [0.717, 1.165) is 17.1 Å². The number of nitrogens with zero attached hydrogens (tertiary/aromatic N) is 3. The molecule has 0 aromatic carbocycles. The molecule has 0 bridgehead atoms. The van der Waals surface area contributed by atoms with Gasteiger partial charge in [0.1, 0.15) is 11.5 Å². The minimum atomic E-state index is 0.575. The quantitative estimate of drug-likeness (QED) is 0.589. The van der Waals surface area contributed by atoms with Gasteiger partial charge in [-0.25, -0.2) is 10.5 Å². The molecule has 0 aliphatic heterocycles. The second kappa shape index (κ2) is 5.75. The Kier molecular flexibility index (Phi) is 4.32. The topological polar surface area (TPSA) is 77.2 Å². The zero-order chi connectivity index (χ0) is 12.0. The average Bonchev–Trinajstić information content (AvgIpc) is 2.77. The van der Waals surface area contributed by atoms with E-state index in [1.165, 1.54) is 0 Å². The first kappa shape index (κ1) is 12.0. The van der Waals surface area contributed by atoms with Crippen molar-refractivity contribution >= 4 is 17.5 Å². The first-order chi connectivity index (χ1) is 7.72. The van der Waals surface area contributed by atoms with Crippen molar-refractivity contribution in [3.05, 3.63) is 30.0 Å². The van der Waals surface area contributed by atoms with E-state index >= 15 is 0 Å². The summed E-state index contributed by atoms with van der Waals surface area (Å²) in [6, 6.07) is 0. The van der Waals surface area contributed by atoms with Gasteiger partial charge in [0, 0.05) is 18.0 Å². The number of aliphatic imine (C=N–C) groups is 1. The molecule has 1 aromatic heterocycles. The van der Waals surface area contributed by atoms with Gasteiger partial charge < -0.3 is 4.98 Å². The molecule has 1 rings (SSSR count). The smallest absolute Gasteiger partial charge is 0.134 e. The lowest BCUT2D eigenvalue weighted by Crippen LogP contribution is -1.84. The second-order valence-electron chi connectivity index (χ2n) is 3.15. The molecule has 0 saturated carbocycles. The van der Waals surface area contributed by atoms with Gasteiger partial charge in [0.25, 0.3) is 0 Å². The molecule has 0 aliphatic rings. The van der Waals surface area contributed by atoms with Crippen LogP contribution in [0.15, 0.2) is 28.6 Å². The van der Waals surface area contributed by atoms with Crippen LogP contribution in [0.1, 0.15) is 32.3 Å². The third-order valence-corrected chi connectivity index (χ3v) is 2.04. The molecule has 0 fully saturated rings. The van der Waals surface area contributed by atoms with Crippen LogP contribution in [0.25, 0.3) is 11.3 Å². The lowest BCUT2D eigenvalue weighted by Gasteiger charge is -1.95. The Bertz CT molecular complexity index is 451. The maximum absolute atomic E-state index is 7.00. The van der Waals surface area contributed by atoms with Gasteiger partial charge in [-0.3, -0.25) is 4.99 Å². The molecular weight excluding hydrogens is 202 g/mol. The summed E-state index contributed by atoms with van der Waals surface area (Å²) in [6.45, 7) is 5.61. The van der Waals surface area contributed by atoms with Crippen molar-refractivity contribution in [1.82, 2.24) is 9.97 Å². The first-order valence-electron chi connectivity index (χ1n) is 4.97. The molecule has 5 nitrogen and oxygen atoms in total. The third kappa shape index (κ3) is 2.73. The molecule has 0 atom stereocenters. The molecule has 0 aliphatic carbocycles. The van der Waals surface area contributed by atoms with E-state index in [1.807, 2.05) is 20.8 Å². The van der Waals surface area contributed by atoms with Crippen LogP contribution in [0.4, 0.5) is 0 Å². The number of allylic oxidation sites excluding steroid dienone is 2. The molecule has 0 unspecified atom stereocenters. The largest absolute Gasteiger partial charge is 0.337 e. The Morgan fingerprint density at radius 1 is 1.50 bits per heavy atom. The second-order valence-corrected chi connectivity index (χ2v) is 3.15. The van der Waals surface area contributed by atoms with E-state index in [2.05, 4.69) is 20.1 Å². The van der Waals surface area contributed by atoms with Crippen LogP contribution in [0, 0.1) is 5.53 Å². The molecule has 5 heteroatoms. The summed E-state index contributed by atoms with van der Waals surface area (Å²) in [4.78, 5) is 11.3. The SMILES string of the molecule is CC=N/C=C(\C)c1ncc(/C(=C/C)N=N)[nH]1. The third-order valence-electron chi connectivity index (χ3n) is 2.04. The predicted octanol–water partition coefficient (Wildman–Crippen LogP) is 3.25. The fraction of sp³-hybridized carbons (Fsp3) is 0.273. The monoisotopic (exact) mass is 217 g/mol. The first-order valence-corrected chi connectivity index (χ1v) is 4.97. The number of H-pyrrole nitrogens is 1. The van der Waals surface area contributed by atoms with Crippen LogP contribution in [-0.4, -0.2) is 16.2 Å². The van der Waals surface area contributed by atoms with Crippen molar-refractivity contribution in [2.75, 3.05) is 0 Å². The van der Waals surface area contributed by atoms with Crippen molar-refractivity contribution in [1.29, 1.82) is 5.53 Å². The lowest BCUT2D eigenvalue weighted by molar-refractivity contribution is 1.13. The number of nitrogens with one attached hydrogen (secondary N) is 2. The Morgan fingerprint density at radius 2 is 2.25 bits per heavy atom. The summed E-state index contributed by atoms with van der Waals surface area (Å²) in [5.74, 6) is 0.739. The van der Waals surface area contributed by atoms with Crippen LogP contribution in [0.5, 0.6) is 0 Å². The molecule has 0 saturated heterocycles. The van der Waals surface area contributed by atoms with Gasteiger partial charge in [-0.15, -0.1) is 0 Å². The minimum absolute atomic E-state index is 0.575. The van der Waals surface area contributed by atoms with E-state index in [4.69, 9.17) is 5.53 Å². The predicted molar refractivity (Wildman–Crippen MR) is 65.2 cm³/mol. The highest BCUT2D eigenvalue weighted by Crippen LogP contribution is 2.16. The minimum Gasteiger partial charge on any atom is -0.337 e. The van der Waals surface area contributed by atoms with Crippen molar-refractivity contribution in [2.24, 2.45) is 10.1 Å². The Labute approximate surface area is 94.5 Å². The van der Waals surface area contributed by atoms with E-state index < -0.39 is 0 Å². The molecule has 0 spiro atoms. The maximum Gasteiger partial charge on any atom is 0.134 e. The van der Waals surface area contributed by atoms with Gasteiger partial charge in [-0.1, -0.05) is 6.08 Å². The number of imidazole rings is 1. The van der Waals surface area contributed by atoms with Crippen molar-refractivity contribution < 1.29 is 0 Å². The zero-order valence-electron chi connectivity index (χ0n) is 9.65. The van der Waals surface area contributed by atoms with Crippen molar-refractivity contribution in [3.8, 4) is 0 Å². The van der Waals surface area contributed by atoms with Crippen LogP contribution in [0.2, 0.25) is 0 Å². The van der Waals surface area contributed by atoms with Gasteiger partial charge in [-0.05, 0) is 20.8 Å². The summed E-state index contributed by atoms with van der Waals surface area (Å²) < 4.78 is 0. The number of rotatable bonds is 4. The van der Waals surface area contributed by atoms with Gasteiger partial charge >= 0.3 is 0 Å². The fourth-order valence-electron chi connectivity index (χ4n) is 1.18. The highest BCUT2D eigenvalue weighted by Gasteiger charge is 2.05. The Hall–Kier alpha value is -2.04. The van der Waals surface area contributed by atoms with E-state index in [9.17, 15) is 0 Å². The summed E-state index contributed by atoms with van der Waals surface area (Å²) in [7, 11) is 0. The van der Waals surface area contributed by atoms with Crippen LogP contribution in [0.3, 0.4) is 0 Å². The standard InChI is InChI=1S/C11H15N5/c1-4-9(16-12)10-7-14-11(15-10)8(3)6-13-5-2/h4-7,12H,1-3H3,(H,14,15)/b8-6+,9-4-,13-5?,16-12?. The van der Waals surface area contributed by atoms with Crippen LogP contribution in [-0.2, 0) is 0 Å². The van der Waals surface area contributed by atoms with Crippen LogP contribution >= 0.6 is 0 Å². The molecular formula is C11H15N5. The van der Waals surface area contributed by atoms with E-state index in [-0.39, 0.29) is 0 Å². The lowest BCUT2D eigenvalue weighted by atomic mass is 10.3. The molecule has 0 amide bonds. The summed E-state index contributed by atoms with van der Waals surface area (Å²) >= 11 is 0. The molecule has 2 N–H and O–H groups in total. The number of hydrogen-bond acceptors (Lipinski definition) is 4. The number of aromatic nitrogens is 2. The molecule has 84 valence electrons. The summed E-state index contributed by atoms with van der Waals surface area (Å²) in [5, 5.41) is 3.40. The van der Waals surface area contributed by atoms with Gasteiger partial charge in [0.15, 0.2) is 0 Å². The highest BCUT2D eigenvalue weighted by atomic mass is 15.0. The molecule has 0 radical (unpaired) electrons. The highest BCUT2D eigenvalue weighted by molar-refractivity contribution is 5.65. The maximum atomic E-state index is 7.00. The van der Waals surface area contributed by atoms with Gasteiger partial charge in [-0.2, -0.15) is 5.11 Å². The number of hydrogen-bond donors (Lipinski definition) is 2. The Morgan fingerprint density at radius 3 is 2.81 bits per heavy atom. The average molecular weight is 217 g/mol. The van der Waals surface area contributed by atoms with Crippen LogP contribution < -0.4 is 0 Å². The molecule has 1 aromatic rings. The molecule has 16 heavy (non-hydrogen) atoms. The van der Waals surface area contributed by atoms with Crippen molar-refractivity contribution in [3.63, 3.8) is 0 Å². The summed E-state index contributed by atoms with van der Waals surface area (Å²) in [5.41, 5.74) is 9.24. The summed E-state index contributed by atoms with van der Waals surface area (Å²) in [6.07, 6.45) is 6.86. The van der Waals surface area contributed by atoms with Crippen molar-refractivity contribution in [2.45, 2.75) is 20.8 Å². The fourth-order valence-corrected chi connectivity index (χ4v) is 1.18. The van der Waals surface area contributed by atoms with E-state index in [1.54, 1.807) is 24.7 Å². The molecule has 1 heterocycles.